The van der Waals surface area contributed by atoms with Gasteiger partial charge in [0.1, 0.15) is 61.0 Å². The summed E-state index contributed by atoms with van der Waals surface area (Å²) in [5, 5.41) is 98.8. The Morgan fingerprint density at radius 1 is 0.758 bits per heavy atom. The molecule has 0 aromatic rings. The molecule has 3 saturated heterocycles. The fourth-order valence-electron chi connectivity index (χ4n) is 3.73. The van der Waals surface area contributed by atoms with Gasteiger partial charge in [0, 0.05) is 0 Å². The molecule has 192 valence electrons. The van der Waals surface area contributed by atoms with Crippen molar-refractivity contribution in [3.05, 3.63) is 0 Å². The second-order valence-electron chi connectivity index (χ2n) is 7.93. The van der Waals surface area contributed by atoms with Gasteiger partial charge in [0.15, 0.2) is 25.0 Å². The van der Waals surface area contributed by atoms with Crippen molar-refractivity contribution >= 4 is 5.97 Å². The highest BCUT2D eigenvalue weighted by molar-refractivity contribution is 5.73. The lowest BCUT2D eigenvalue weighted by atomic mass is 9.96. The van der Waals surface area contributed by atoms with E-state index in [4.69, 9.17) is 23.7 Å². The third-order valence-electron chi connectivity index (χ3n) is 5.67. The van der Waals surface area contributed by atoms with Crippen molar-refractivity contribution in [2.45, 2.75) is 86.0 Å². The number of carboxylic acids is 1. The quantitative estimate of drug-likeness (QED) is 0.166. The average molecular weight is 488 g/mol. The molecule has 0 spiro atoms. The molecule has 3 rings (SSSR count). The molecule has 0 radical (unpaired) electrons. The van der Waals surface area contributed by atoms with Crippen molar-refractivity contribution in [3.63, 3.8) is 0 Å². The third kappa shape index (κ3) is 5.29. The van der Waals surface area contributed by atoms with Gasteiger partial charge in [-0.25, -0.2) is 4.79 Å². The van der Waals surface area contributed by atoms with E-state index in [0.717, 1.165) is 0 Å². The molecule has 33 heavy (non-hydrogen) atoms. The van der Waals surface area contributed by atoms with Crippen LogP contribution in [0, 0.1) is 0 Å². The van der Waals surface area contributed by atoms with Gasteiger partial charge in [-0.1, -0.05) is 0 Å². The Kier molecular flexibility index (Phi) is 8.57. The van der Waals surface area contributed by atoms with E-state index in [-0.39, 0.29) is 0 Å². The normalized spacial score (nSPS) is 51.3. The van der Waals surface area contributed by atoms with Crippen LogP contribution in [0.25, 0.3) is 0 Å². The Morgan fingerprint density at radius 2 is 1.36 bits per heavy atom. The molecule has 0 aromatic heterocycles. The first-order valence-electron chi connectivity index (χ1n) is 9.99. The molecule has 10 N–H and O–H groups in total. The van der Waals surface area contributed by atoms with E-state index < -0.39 is 105 Å². The third-order valence-corrected chi connectivity index (χ3v) is 5.67. The van der Waals surface area contributed by atoms with Crippen LogP contribution in [0.1, 0.15) is 0 Å². The molecule has 0 bridgehead atoms. The van der Waals surface area contributed by atoms with Gasteiger partial charge in [-0.15, -0.1) is 0 Å². The number of carbonyl (C=O) groups is 1. The number of carboxylic acid groups (broad SMARTS) is 1. The van der Waals surface area contributed by atoms with Crippen LogP contribution in [0.5, 0.6) is 0 Å². The Balaban J connectivity index is 1.83. The fraction of sp³-hybridized carbons (Fsp3) is 0.941. The first-order valence-corrected chi connectivity index (χ1v) is 9.99. The second kappa shape index (κ2) is 10.7. The van der Waals surface area contributed by atoms with E-state index >= 15 is 0 Å². The molecule has 3 fully saturated rings. The summed E-state index contributed by atoms with van der Waals surface area (Å²) in [4.78, 5) is 11.4. The zero-order chi connectivity index (χ0) is 24.6. The Morgan fingerprint density at radius 3 is 1.97 bits per heavy atom. The van der Waals surface area contributed by atoms with Gasteiger partial charge in [0.2, 0.25) is 0 Å². The molecule has 16 nitrogen and oxygen atoms in total. The van der Waals surface area contributed by atoms with E-state index in [2.05, 4.69) is 0 Å². The topological polar surface area (TPSA) is 266 Å². The first kappa shape index (κ1) is 26.5. The Bertz CT molecular complexity index is 663. The standard InChI is InChI=1S/C17H28O16/c18-1-4-6(21)7(22)9(24)17(30-4)33-13-11(10(25)12(14(26)27)31-15(13)28)32-16-8(23)5(20)3(19)2-29-16/h3-13,15-25,28H,1-2H2,(H,26,27)/t3-,4+,5-,6-,7-,8+,9+,10-,11-,12-,13+,15+,16-,17-/m0/s1. The average Bonchev–Trinajstić information content (AvgIpc) is 2.77. The van der Waals surface area contributed by atoms with E-state index in [1.807, 2.05) is 0 Å². The second-order valence-corrected chi connectivity index (χ2v) is 7.93. The summed E-state index contributed by atoms with van der Waals surface area (Å²) in [6.07, 6.45) is -25.3. The minimum absolute atomic E-state index is 0.495. The molecule has 16 heteroatoms. The maximum atomic E-state index is 11.4. The summed E-state index contributed by atoms with van der Waals surface area (Å²) >= 11 is 0. The summed E-state index contributed by atoms with van der Waals surface area (Å²) in [6.45, 7) is -1.29. The summed E-state index contributed by atoms with van der Waals surface area (Å²) in [7, 11) is 0. The molecule has 0 amide bonds. The van der Waals surface area contributed by atoms with Gasteiger partial charge < -0.3 is 74.7 Å². The van der Waals surface area contributed by atoms with Crippen molar-refractivity contribution in [1.29, 1.82) is 0 Å². The van der Waals surface area contributed by atoms with Gasteiger partial charge in [-0.05, 0) is 0 Å². The van der Waals surface area contributed by atoms with Gasteiger partial charge in [-0.2, -0.15) is 0 Å². The lowest BCUT2D eigenvalue weighted by Gasteiger charge is -2.47. The molecule has 3 aliphatic heterocycles. The van der Waals surface area contributed by atoms with Crippen LogP contribution in [-0.4, -0.2) is 156 Å². The number of hydrogen-bond donors (Lipinski definition) is 10. The number of aliphatic carboxylic acids is 1. The summed E-state index contributed by atoms with van der Waals surface area (Å²) < 4.78 is 25.9. The number of aliphatic hydroxyl groups is 9. The molecule has 0 unspecified atom stereocenters. The van der Waals surface area contributed by atoms with Crippen LogP contribution in [0.4, 0.5) is 0 Å². The zero-order valence-electron chi connectivity index (χ0n) is 16.9. The maximum Gasteiger partial charge on any atom is 0.335 e. The lowest BCUT2D eigenvalue weighted by Crippen LogP contribution is -2.66. The first-order chi connectivity index (χ1) is 15.5. The summed E-state index contributed by atoms with van der Waals surface area (Å²) in [5.41, 5.74) is 0. The fourth-order valence-corrected chi connectivity index (χ4v) is 3.73. The van der Waals surface area contributed by atoms with Crippen molar-refractivity contribution in [2.24, 2.45) is 0 Å². The van der Waals surface area contributed by atoms with Gasteiger partial charge in [0.25, 0.3) is 0 Å². The van der Waals surface area contributed by atoms with Crippen molar-refractivity contribution < 1.29 is 79.5 Å². The highest BCUT2D eigenvalue weighted by atomic mass is 16.8. The highest BCUT2D eigenvalue weighted by Gasteiger charge is 2.54. The predicted octanol–water partition coefficient (Wildman–Crippen LogP) is -6.84. The Hall–Kier alpha value is -1.09. The van der Waals surface area contributed by atoms with Crippen LogP contribution >= 0.6 is 0 Å². The van der Waals surface area contributed by atoms with Crippen molar-refractivity contribution in [2.75, 3.05) is 13.2 Å². The minimum Gasteiger partial charge on any atom is -0.479 e. The SMILES string of the molecule is O=C(O)[C@H]1O[C@@H](O)[C@H](O[C@@H]2O[C@H](CO)[C@H](O)[C@H](O)[C@H]2O)[C@@H](O[C@@H]2OC[C@H](O)[C@H](O)[C@H]2O)[C@@H]1O. The maximum absolute atomic E-state index is 11.4. The van der Waals surface area contributed by atoms with Crippen molar-refractivity contribution in [1.82, 2.24) is 0 Å². The van der Waals surface area contributed by atoms with E-state index in [1.165, 1.54) is 0 Å². The largest absolute Gasteiger partial charge is 0.479 e. The number of rotatable bonds is 6. The molecule has 0 saturated carbocycles. The van der Waals surface area contributed by atoms with Crippen molar-refractivity contribution in [3.8, 4) is 0 Å². The summed E-state index contributed by atoms with van der Waals surface area (Å²) in [6, 6.07) is 0. The lowest BCUT2D eigenvalue weighted by molar-refractivity contribution is -0.379. The highest BCUT2D eigenvalue weighted by Crippen LogP contribution is 2.32. The van der Waals surface area contributed by atoms with Crippen LogP contribution in [0.3, 0.4) is 0 Å². The zero-order valence-corrected chi connectivity index (χ0v) is 16.9. The monoisotopic (exact) mass is 488 g/mol. The predicted molar refractivity (Wildman–Crippen MR) is 95.8 cm³/mol. The molecule has 0 aliphatic carbocycles. The van der Waals surface area contributed by atoms with Gasteiger partial charge in [-0.3, -0.25) is 0 Å². The number of ether oxygens (including phenoxy) is 5. The number of hydrogen-bond acceptors (Lipinski definition) is 15. The molecular formula is C17H28O16. The smallest absolute Gasteiger partial charge is 0.335 e. The minimum atomic E-state index is -2.12. The van der Waals surface area contributed by atoms with Gasteiger partial charge in [0.05, 0.1) is 13.2 Å². The molecule has 3 heterocycles. The molecule has 14 atom stereocenters. The van der Waals surface area contributed by atoms with Crippen LogP contribution in [0.2, 0.25) is 0 Å². The van der Waals surface area contributed by atoms with Crippen LogP contribution in [0.15, 0.2) is 0 Å². The van der Waals surface area contributed by atoms with E-state index in [1.54, 1.807) is 0 Å². The van der Waals surface area contributed by atoms with Crippen LogP contribution < -0.4 is 0 Å². The van der Waals surface area contributed by atoms with E-state index in [9.17, 15) is 55.9 Å². The van der Waals surface area contributed by atoms with Crippen LogP contribution in [-0.2, 0) is 28.5 Å². The summed E-state index contributed by atoms with van der Waals surface area (Å²) in [5.74, 6) is -1.69. The Labute approximate surface area is 185 Å². The molecular weight excluding hydrogens is 460 g/mol. The molecule has 0 aromatic carbocycles. The number of aliphatic hydroxyl groups excluding tert-OH is 9. The van der Waals surface area contributed by atoms with E-state index in [0.29, 0.717) is 0 Å². The van der Waals surface area contributed by atoms with Gasteiger partial charge >= 0.3 is 5.97 Å². The molecule has 3 aliphatic rings.